The molecule has 0 saturated carbocycles. The molecule has 0 spiro atoms. The van der Waals surface area contributed by atoms with Gasteiger partial charge < -0.3 is 11.1 Å². The fraction of sp³-hybridized carbons (Fsp3) is 0.381. The van der Waals surface area contributed by atoms with E-state index < -0.39 is 0 Å². The SMILES string of the molecule is NCCc1ccc(CN2CCCC(Nc3ccc4[nH]ncc4c3)C2)cc1. The van der Waals surface area contributed by atoms with E-state index in [2.05, 4.69) is 62.9 Å². The minimum absolute atomic E-state index is 0.490. The number of rotatable bonds is 6. The number of benzene rings is 2. The Morgan fingerprint density at radius 2 is 2.00 bits per heavy atom. The summed E-state index contributed by atoms with van der Waals surface area (Å²) in [6.07, 6.45) is 5.28. The highest BCUT2D eigenvalue weighted by molar-refractivity contribution is 5.81. The molecule has 1 atom stereocenters. The number of anilines is 1. The highest BCUT2D eigenvalue weighted by atomic mass is 15.2. The predicted molar refractivity (Wildman–Crippen MR) is 107 cm³/mol. The first-order valence-electron chi connectivity index (χ1n) is 9.50. The molecule has 26 heavy (non-hydrogen) atoms. The van der Waals surface area contributed by atoms with Gasteiger partial charge in [-0.05, 0) is 61.7 Å². The third-order valence-electron chi connectivity index (χ3n) is 5.18. The molecule has 0 bridgehead atoms. The van der Waals surface area contributed by atoms with E-state index in [1.165, 1.54) is 36.2 Å². The number of aromatic nitrogens is 2. The van der Waals surface area contributed by atoms with Crippen LogP contribution in [0.4, 0.5) is 5.69 Å². The molecule has 2 heterocycles. The van der Waals surface area contributed by atoms with Crippen LogP contribution < -0.4 is 11.1 Å². The van der Waals surface area contributed by atoms with Gasteiger partial charge >= 0.3 is 0 Å². The molecule has 4 rings (SSSR count). The summed E-state index contributed by atoms with van der Waals surface area (Å²) < 4.78 is 0. The smallest absolute Gasteiger partial charge is 0.0651 e. The maximum atomic E-state index is 5.63. The molecule has 0 radical (unpaired) electrons. The number of fused-ring (bicyclic) bond motifs is 1. The van der Waals surface area contributed by atoms with Crippen molar-refractivity contribution in [3.8, 4) is 0 Å². The number of nitrogens with two attached hydrogens (primary N) is 1. The minimum Gasteiger partial charge on any atom is -0.381 e. The number of piperidine rings is 1. The van der Waals surface area contributed by atoms with Gasteiger partial charge in [-0.3, -0.25) is 10.00 Å². The molecular weight excluding hydrogens is 322 g/mol. The normalized spacial score (nSPS) is 18.3. The first-order chi connectivity index (χ1) is 12.8. The van der Waals surface area contributed by atoms with Gasteiger partial charge in [-0.25, -0.2) is 0 Å². The Kier molecular flexibility index (Phi) is 5.18. The van der Waals surface area contributed by atoms with Gasteiger partial charge in [0, 0.05) is 30.2 Å². The van der Waals surface area contributed by atoms with Crippen LogP contribution in [-0.2, 0) is 13.0 Å². The second-order valence-corrected chi connectivity index (χ2v) is 7.25. The van der Waals surface area contributed by atoms with Gasteiger partial charge in [0.05, 0.1) is 11.7 Å². The Balaban J connectivity index is 1.36. The van der Waals surface area contributed by atoms with Gasteiger partial charge in [0.15, 0.2) is 0 Å². The van der Waals surface area contributed by atoms with Crippen LogP contribution in [0.5, 0.6) is 0 Å². The Bertz CT molecular complexity index is 839. The number of H-pyrrole nitrogens is 1. The van der Waals surface area contributed by atoms with Crippen molar-refractivity contribution in [3.05, 3.63) is 59.8 Å². The van der Waals surface area contributed by atoms with E-state index in [0.29, 0.717) is 12.6 Å². The van der Waals surface area contributed by atoms with Crippen LogP contribution in [-0.4, -0.2) is 40.8 Å². The number of nitrogens with zero attached hydrogens (tertiary/aromatic N) is 2. The van der Waals surface area contributed by atoms with E-state index in [4.69, 9.17) is 5.73 Å². The number of aromatic amines is 1. The lowest BCUT2D eigenvalue weighted by atomic mass is 10.0. The van der Waals surface area contributed by atoms with Crippen molar-refractivity contribution in [1.29, 1.82) is 0 Å². The van der Waals surface area contributed by atoms with Gasteiger partial charge in [0.2, 0.25) is 0 Å². The lowest BCUT2D eigenvalue weighted by Crippen LogP contribution is -2.41. The zero-order valence-corrected chi connectivity index (χ0v) is 15.1. The number of likely N-dealkylation sites (tertiary alicyclic amines) is 1. The quantitative estimate of drug-likeness (QED) is 0.639. The summed E-state index contributed by atoms with van der Waals surface area (Å²) in [4.78, 5) is 2.55. The summed E-state index contributed by atoms with van der Waals surface area (Å²) in [5.74, 6) is 0. The summed E-state index contributed by atoms with van der Waals surface area (Å²) in [5, 5.41) is 12.0. The van der Waals surface area contributed by atoms with Crippen molar-refractivity contribution >= 4 is 16.6 Å². The minimum atomic E-state index is 0.490. The van der Waals surface area contributed by atoms with Crippen molar-refractivity contribution in [3.63, 3.8) is 0 Å². The third kappa shape index (κ3) is 4.06. The molecule has 0 amide bonds. The third-order valence-corrected chi connectivity index (χ3v) is 5.18. The highest BCUT2D eigenvalue weighted by Gasteiger charge is 2.20. The summed E-state index contributed by atoms with van der Waals surface area (Å²) in [5.41, 5.74) is 10.6. The van der Waals surface area contributed by atoms with E-state index >= 15 is 0 Å². The van der Waals surface area contributed by atoms with Gasteiger partial charge in [-0.15, -0.1) is 0 Å². The standard InChI is InChI=1S/C21H27N5/c22-10-9-16-3-5-17(6-4-16)14-26-11-1-2-20(15-26)24-19-7-8-21-18(12-19)13-23-25-21/h3-8,12-13,20,24H,1-2,9-11,14-15,22H2,(H,23,25). The van der Waals surface area contributed by atoms with E-state index in [9.17, 15) is 0 Å². The monoisotopic (exact) mass is 349 g/mol. The predicted octanol–water partition coefficient (Wildman–Crippen LogP) is 3.14. The van der Waals surface area contributed by atoms with Crippen LogP contribution in [0.1, 0.15) is 24.0 Å². The Morgan fingerprint density at radius 1 is 1.15 bits per heavy atom. The zero-order valence-electron chi connectivity index (χ0n) is 15.1. The molecule has 4 N–H and O–H groups in total. The summed E-state index contributed by atoms with van der Waals surface area (Å²) in [7, 11) is 0. The molecule has 1 aliphatic rings. The largest absolute Gasteiger partial charge is 0.381 e. The average Bonchev–Trinajstić information content (AvgIpc) is 3.12. The van der Waals surface area contributed by atoms with E-state index in [1.54, 1.807) is 0 Å². The maximum Gasteiger partial charge on any atom is 0.0651 e. The van der Waals surface area contributed by atoms with E-state index in [-0.39, 0.29) is 0 Å². The first-order valence-corrected chi connectivity index (χ1v) is 9.50. The Labute approximate surface area is 154 Å². The van der Waals surface area contributed by atoms with Crippen molar-refractivity contribution < 1.29 is 0 Å². The van der Waals surface area contributed by atoms with Crippen molar-refractivity contribution in [1.82, 2.24) is 15.1 Å². The molecule has 1 aliphatic heterocycles. The van der Waals surface area contributed by atoms with Crippen molar-refractivity contribution in [2.24, 2.45) is 5.73 Å². The molecule has 5 nitrogen and oxygen atoms in total. The number of nitrogens with one attached hydrogen (secondary N) is 2. The van der Waals surface area contributed by atoms with Crippen molar-refractivity contribution in [2.75, 3.05) is 25.0 Å². The van der Waals surface area contributed by atoms with Gasteiger partial charge in [0.25, 0.3) is 0 Å². The molecular formula is C21H27N5. The van der Waals surface area contributed by atoms with E-state index in [0.717, 1.165) is 30.4 Å². The van der Waals surface area contributed by atoms with Crippen LogP contribution in [0, 0.1) is 0 Å². The fourth-order valence-corrected chi connectivity index (χ4v) is 3.82. The Morgan fingerprint density at radius 3 is 2.85 bits per heavy atom. The molecule has 1 fully saturated rings. The number of hydrogen-bond acceptors (Lipinski definition) is 4. The van der Waals surface area contributed by atoms with Crippen LogP contribution in [0.25, 0.3) is 10.9 Å². The van der Waals surface area contributed by atoms with Gasteiger partial charge in [0.1, 0.15) is 0 Å². The van der Waals surface area contributed by atoms with Crippen LogP contribution in [0.15, 0.2) is 48.7 Å². The average molecular weight is 349 g/mol. The highest BCUT2D eigenvalue weighted by Crippen LogP contribution is 2.21. The zero-order chi connectivity index (χ0) is 17.8. The second-order valence-electron chi connectivity index (χ2n) is 7.25. The summed E-state index contributed by atoms with van der Waals surface area (Å²) in [6, 6.07) is 15.8. The van der Waals surface area contributed by atoms with Crippen LogP contribution in [0.3, 0.4) is 0 Å². The van der Waals surface area contributed by atoms with Gasteiger partial charge in [-0.2, -0.15) is 5.10 Å². The molecule has 5 heteroatoms. The topological polar surface area (TPSA) is 70.0 Å². The maximum absolute atomic E-state index is 5.63. The van der Waals surface area contributed by atoms with Crippen molar-refractivity contribution in [2.45, 2.75) is 31.8 Å². The molecule has 0 aliphatic carbocycles. The lowest BCUT2D eigenvalue weighted by molar-refractivity contribution is 0.208. The molecule has 1 saturated heterocycles. The summed E-state index contributed by atoms with van der Waals surface area (Å²) in [6.45, 7) is 3.97. The second kappa shape index (κ2) is 7.89. The summed E-state index contributed by atoms with van der Waals surface area (Å²) >= 11 is 0. The molecule has 3 aromatic rings. The van der Waals surface area contributed by atoms with Crippen LogP contribution >= 0.6 is 0 Å². The van der Waals surface area contributed by atoms with Gasteiger partial charge in [-0.1, -0.05) is 24.3 Å². The lowest BCUT2D eigenvalue weighted by Gasteiger charge is -2.33. The number of hydrogen-bond donors (Lipinski definition) is 3. The van der Waals surface area contributed by atoms with E-state index in [1.807, 2.05) is 6.20 Å². The molecule has 2 aromatic carbocycles. The fourth-order valence-electron chi connectivity index (χ4n) is 3.82. The Hall–Kier alpha value is -2.37. The first kappa shape index (κ1) is 17.1. The molecule has 1 unspecified atom stereocenters. The molecule has 136 valence electrons. The van der Waals surface area contributed by atoms with Crippen LogP contribution in [0.2, 0.25) is 0 Å². The molecule has 1 aromatic heterocycles.